The third kappa shape index (κ3) is 1.31. The van der Waals surface area contributed by atoms with Crippen molar-refractivity contribution in [2.45, 2.75) is 6.17 Å². The van der Waals surface area contributed by atoms with Crippen LogP contribution in [0.25, 0.3) is 0 Å². The van der Waals surface area contributed by atoms with Gasteiger partial charge in [-0.25, -0.2) is 9.98 Å². The zero-order valence-corrected chi connectivity index (χ0v) is 7.47. The molecule has 1 aliphatic heterocycles. The molecule has 2 rings (SSSR count). The Morgan fingerprint density at radius 1 is 0.933 bits per heavy atom. The van der Waals surface area contributed by atoms with Crippen molar-refractivity contribution in [3.05, 3.63) is 34.0 Å². The topological polar surface area (TPSA) is 96.1 Å². The van der Waals surface area contributed by atoms with Gasteiger partial charge in [0.05, 0.1) is 21.8 Å². The van der Waals surface area contributed by atoms with Gasteiger partial charge in [-0.05, 0) is 12.1 Å². The molecule has 0 saturated carbocycles. The van der Waals surface area contributed by atoms with Gasteiger partial charge in [-0.15, -0.1) is 0 Å². The molecule has 68 valence electrons. The minimum atomic E-state index is -0.750. The summed E-state index contributed by atoms with van der Waals surface area (Å²) >= 11 is 0. The monoisotopic (exact) mass is 193 g/mol. The molecule has 15 heavy (non-hydrogen) atoms. The highest BCUT2D eigenvalue weighted by Gasteiger charge is 2.11. The van der Waals surface area contributed by atoms with E-state index >= 15 is 0 Å². The Hall–Kier alpha value is -2.71. The second-order valence-electron chi connectivity index (χ2n) is 2.87. The van der Waals surface area contributed by atoms with Crippen molar-refractivity contribution >= 4 is 0 Å². The fraction of sp³-hybridized carbons (Fsp3) is 0.100. The lowest BCUT2D eigenvalue weighted by molar-refractivity contribution is 0.884. The maximum Gasteiger partial charge on any atom is 0.227 e. The molecule has 0 aromatic heterocycles. The van der Waals surface area contributed by atoms with Crippen molar-refractivity contribution in [2.75, 3.05) is 0 Å². The van der Waals surface area contributed by atoms with Gasteiger partial charge in [0.2, 0.25) is 6.17 Å². The highest BCUT2D eigenvalue weighted by molar-refractivity contribution is 5.44. The molecule has 0 spiro atoms. The van der Waals surface area contributed by atoms with E-state index in [1.165, 1.54) is 12.1 Å². The van der Waals surface area contributed by atoms with E-state index in [1.54, 1.807) is 0 Å². The maximum absolute atomic E-state index is 8.77. The van der Waals surface area contributed by atoms with E-state index in [-0.39, 0.29) is 11.1 Å². The molecule has 5 nitrogen and oxygen atoms in total. The van der Waals surface area contributed by atoms with Crippen LogP contribution < -0.4 is 10.7 Å². The molecular formula is C10H3N5. The van der Waals surface area contributed by atoms with Crippen LogP contribution in [0.2, 0.25) is 0 Å². The van der Waals surface area contributed by atoms with Gasteiger partial charge in [-0.1, -0.05) is 0 Å². The SMILES string of the molecule is N#Cc1cc2c(cc1C#N)=NC(C#N)N=2. The molecule has 0 fully saturated rings. The molecule has 1 aromatic rings. The van der Waals surface area contributed by atoms with E-state index in [0.29, 0.717) is 10.7 Å². The number of nitriles is 3. The molecule has 1 aromatic carbocycles. The quantitative estimate of drug-likeness (QED) is 0.557. The lowest BCUT2D eigenvalue weighted by Crippen LogP contribution is -2.22. The van der Waals surface area contributed by atoms with E-state index in [1.807, 2.05) is 18.2 Å². The van der Waals surface area contributed by atoms with Crippen LogP contribution in [-0.2, 0) is 0 Å². The van der Waals surface area contributed by atoms with Crippen LogP contribution in [-0.4, -0.2) is 6.17 Å². The average Bonchev–Trinajstić information content (AvgIpc) is 2.68. The third-order valence-electron chi connectivity index (χ3n) is 1.99. The summed E-state index contributed by atoms with van der Waals surface area (Å²) < 4.78 is 0. The number of benzene rings is 1. The van der Waals surface area contributed by atoms with Crippen molar-refractivity contribution in [1.82, 2.24) is 0 Å². The lowest BCUT2D eigenvalue weighted by atomic mass is 10.1. The first-order valence-corrected chi connectivity index (χ1v) is 4.08. The van der Waals surface area contributed by atoms with Gasteiger partial charge in [-0.2, -0.15) is 15.8 Å². The fourth-order valence-electron chi connectivity index (χ4n) is 1.32. The van der Waals surface area contributed by atoms with Gasteiger partial charge in [0, 0.05) is 0 Å². The molecule has 0 aliphatic carbocycles. The molecule has 0 saturated heterocycles. The summed E-state index contributed by atoms with van der Waals surface area (Å²) in [4.78, 5) is 7.93. The molecule has 0 atom stereocenters. The third-order valence-corrected chi connectivity index (χ3v) is 1.99. The first kappa shape index (κ1) is 8.87. The van der Waals surface area contributed by atoms with Crippen molar-refractivity contribution in [2.24, 2.45) is 9.98 Å². The molecule has 0 radical (unpaired) electrons. The lowest BCUT2D eigenvalue weighted by Gasteiger charge is -1.90. The Morgan fingerprint density at radius 2 is 1.40 bits per heavy atom. The first-order valence-electron chi connectivity index (χ1n) is 4.08. The molecule has 0 N–H and O–H groups in total. The van der Waals surface area contributed by atoms with Crippen molar-refractivity contribution in [3.63, 3.8) is 0 Å². The van der Waals surface area contributed by atoms with Crippen LogP contribution >= 0.6 is 0 Å². The summed E-state index contributed by atoms with van der Waals surface area (Å²) in [6, 6.07) is 8.65. The van der Waals surface area contributed by atoms with E-state index in [0.717, 1.165) is 0 Å². The second-order valence-corrected chi connectivity index (χ2v) is 2.87. The predicted octanol–water partition coefficient (Wildman–Crippen LogP) is -0.468. The Morgan fingerprint density at radius 3 is 1.73 bits per heavy atom. The van der Waals surface area contributed by atoms with Crippen LogP contribution in [0, 0.1) is 34.0 Å². The van der Waals surface area contributed by atoms with Gasteiger partial charge in [0.1, 0.15) is 18.2 Å². The van der Waals surface area contributed by atoms with Gasteiger partial charge in [-0.3, -0.25) is 0 Å². The minimum absolute atomic E-state index is 0.258. The van der Waals surface area contributed by atoms with E-state index in [4.69, 9.17) is 15.8 Å². The first-order chi connectivity index (χ1) is 7.28. The van der Waals surface area contributed by atoms with E-state index in [9.17, 15) is 0 Å². The van der Waals surface area contributed by atoms with Crippen molar-refractivity contribution in [1.29, 1.82) is 15.8 Å². The van der Waals surface area contributed by atoms with Gasteiger partial charge < -0.3 is 0 Å². The number of hydrogen-bond acceptors (Lipinski definition) is 5. The molecule has 5 heteroatoms. The standard InChI is InChI=1S/C10H3N5/c11-3-6-1-8-9(2-7(6)4-12)15-10(5-13)14-8/h1-2,10H. The molecular weight excluding hydrogens is 190 g/mol. The Kier molecular flexibility index (Phi) is 1.90. The molecule has 1 aliphatic rings. The van der Waals surface area contributed by atoms with Gasteiger partial charge >= 0.3 is 0 Å². The number of rotatable bonds is 0. The van der Waals surface area contributed by atoms with E-state index in [2.05, 4.69) is 9.98 Å². The summed E-state index contributed by atoms with van der Waals surface area (Å²) in [7, 11) is 0. The minimum Gasteiger partial charge on any atom is -0.242 e. The molecule has 1 heterocycles. The van der Waals surface area contributed by atoms with Crippen LogP contribution in [0.1, 0.15) is 11.1 Å². The second kappa shape index (κ2) is 3.21. The Labute approximate surface area is 84.9 Å². The smallest absolute Gasteiger partial charge is 0.227 e. The zero-order valence-electron chi connectivity index (χ0n) is 7.47. The number of hydrogen-bond donors (Lipinski definition) is 0. The largest absolute Gasteiger partial charge is 0.242 e. The van der Waals surface area contributed by atoms with E-state index < -0.39 is 6.17 Å². The summed E-state index contributed by atoms with van der Waals surface area (Å²) in [6.45, 7) is 0. The Bertz CT molecular complexity index is 613. The maximum atomic E-state index is 8.77. The average molecular weight is 193 g/mol. The number of nitrogens with zero attached hydrogens (tertiary/aromatic N) is 5. The molecule has 0 amide bonds. The summed E-state index contributed by atoms with van der Waals surface area (Å²) in [5.74, 6) is 0. The number of fused-ring (bicyclic) bond motifs is 1. The highest BCUT2D eigenvalue weighted by Crippen LogP contribution is 2.02. The van der Waals surface area contributed by atoms with Crippen LogP contribution in [0.3, 0.4) is 0 Å². The van der Waals surface area contributed by atoms with Crippen LogP contribution in [0.5, 0.6) is 0 Å². The van der Waals surface area contributed by atoms with Gasteiger partial charge in [0.25, 0.3) is 0 Å². The summed E-state index contributed by atoms with van der Waals surface area (Å²) in [5, 5.41) is 27.1. The van der Waals surface area contributed by atoms with Crippen molar-refractivity contribution < 1.29 is 0 Å². The Balaban J connectivity index is 2.79. The van der Waals surface area contributed by atoms with Gasteiger partial charge in [0.15, 0.2) is 0 Å². The van der Waals surface area contributed by atoms with Crippen LogP contribution in [0.15, 0.2) is 22.1 Å². The summed E-state index contributed by atoms with van der Waals surface area (Å²) in [6.07, 6.45) is -0.750. The molecule has 0 bridgehead atoms. The normalized spacial score (nSPS) is 12.6. The zero-order chi connectivity index (χ0) is 10.8. The predicted molar refractivity (Wildman–Crippen MR) is 47.6 cm³/mol. The summed E-state index contributed by atoms with van der Waals surface area (Å²) in [5.41, 5.74) is 0.516. The fourth-order valence-corrected chi connectivity index (χ4v) is 1.32. The highest BCUT2D eigenvalue weighted by atomic mass is 15.0. The molecule has 0 unspecified atom stereocenters. The van der Waals surface area contributed by atoms with Crippen LogP contribution in [0.4, 0.5) is 0 Å². The van der Waals surface area contributed by atoms with Crippen molar-refractivity contribution in [3.8, 4) is 18.2 Å².